The van der Waals surface area contributed by atoms with Crippen molar-refractivity contribution in [2.75, 3.05) is 19.5 Å². The van der Waals surface area contributed by atoms with Gasteiger partial charge in [0.05, 0.1) is 5.69 Å². The molecule has 1 aliphatic rings. The number of aryl methyl sites for hydroxylation is 2. The highest BCUT2D eigenvalue weighted by atomic mass is 35.5. The van der Waals surface area contributed by atoms with Crippen molar-refractivity contribution in [3.05, 3.63) is 11.9 Å². The van der Waals surface area contributed by atoms with E-state index in [4.69, 9.17) is 11.6 Å². The van der Waals surface area contributed by atoms with Crippen LogP contribution in [0, 0.1) is 0 Å². The van der Waals surface area contributed by atoms with E-state index >= 15 is 0 Å². The Balaban J connectivity index is 1.77. The predicted molar refractivity (Wildman–Crippen MR) is 73.9 cm³/mol. The molecule has 1 aliphatic heterocycles. The summed E-state index contributed by atoms with van der Waals surface area (Å²) in [5.74, 6) is 0.694. The van der Waals surface area contributed by atoms with Gasteiger partial charge in [-0.2, -0.15) is 0 Å². The SMILES string of the molecule is CN1CCCCC1CCn1cc(CCCCl)nn1. The fraction of sp³-hybridized carbons (Fsp3) is 0.846. The summed E-state index contributed by atoms with van der Waals surface area (Å²) >= 11 is 5.68. The van der Waals surface area contributed by atoms with Crippen LogP contribution in [-0.2, 0) is 13.0 Å². The third-order valence-corrected chi connectivity index (χ3v) is 4.03. The molecule has 1 aromatic rings. The van der Waals surface area contributed by atoms with E-state index < -0.39 is 0 Å². The van der Waals surface area contributed by atoms with E-state index in [1.54, 1.807) is 0 Å². The minimum absolute atomic E-state index is 0.694. The van der Waals surface area contributed by atoms with Crippen LogP contribution in [0.1, 0.15) is 37.8 Å². The molecular weight excluding hydrogens is 248 g/mol. The maximum atomic E-state index is 5.68. The van der Waals surface area contributed by atoms with E-state index in [1.807, 2.05) is 4.68 Å². The number of hydrogen-bond donors (Lipinski definition) is 0. The fourth-order valence-electron chi connectivity index (χ4n) is 2.60. The van der Waals surface area contributed by atoms with Crippen LogP contribution < -0.4 is 0 Å². The summed E-state index contributed by atoms with van der Waals surface area (Å²) in [6, 6.07) is 0.717. The van der Waals surface area contributed by atoms with E-state index in [0.29, 0.717) is 11.9 Å². The van der Waals surface area contributed by atoms with Crippen molar-refractivity contribution in [3.8, 4) is 0 Å². The van der Waals surface area contributed by atoms with Crippen molar-refractivity contribution in [2.24, 2.45) is 0 Å². The molecular formula is C13H23ClN4. The molecule has 1 unspecified atom stereocenters. The average Bonchev–Trinajstić information content (AvgIpc) is 2.83. The van der Waals surface area contributed by atoms with Crippen LogP contribution in [0.3, 0.4) is 0 Å². The summed E-state index contributed by atoms with van der Waals surface area (Å²) in [4.78, 5) is 2.48. The lowest BCUT2D eigenvalue weighted by atomic mass is 10.0. The van der Waals surface area contributed by atoms with Crippen molar-refractivity contribution in [1.82, 2.24) is 19.9 Å². The maximum Gasteiger partial charge on any atom is 0.0827 e. The standard InChI is InChI=1S/C13H23ClN4/c1-17-9-3-2-6-13(17)7-10-18-11-12(15-16-18)5-4-8-14/h11,13H,2-10H2,1H3. The molecule has 18 heavy (non-hydrogen) atoms. The molecule has 5 heteroatoms. The predicted octanol–water partition coefficient (Wildman–Crippen LogP) is 2.32. The van der Waals surface area contributed by atoms with Gasteiger partial charge in [-0.3, -0.25) is 4.68 Å². The molecule has 0 saturated carbocycles. The number of hydrogen-bond acceptors (Lipinski definition) is 3. The van der Waals surface area contributed by atoms with Crippen LogP contribution in [0.5, 0.6) is 0 Å². The van der Waals surface area contributed by atoms with E-state index in [2.05, 4.69) is 28.5 Å². The van der Waals surface area contributed by atoms with Gasteiger partial charge in [-0.15, -0.1) is 16.7 Å². The Bertz CT molecular complexity index is 353. The number of likely N-dealkylation sites (tertiary alicyclic amines) is 1. The lowest BCUT2D eigenvalue weighted by Crippen LogP contribution is -2.36. The lowest BCUT2D eigenvalue weighted by Gasteiger charge is -2.32. The summed E-state index contributed by atoms with van der Waals surface area (Å²) in [6.45, 7) is 2.21. The Labute approximate surface area is 114 Å². The third-order valence-electron chi connectivity index (χ3n) is 3.77. The molecule has 0 N–H and O–H groups in total. The van der Waals surface area contributed by atoms with Gasteiger partial charge in [-0.05, 0) is 45.7 Å². The topological polar surface area (TPSA) is 34.0 Å². The zero-order chi connectivity index (χ0) is 12.8. The Kier molecular flexibility index (Phi) is 5.45. The minimum Gasteiger partial charge on any atom is -0.303 e. The van der Waals surface area contributed by atoms with Crippen molar-refractivity contribution < 1.29 is 0 Å². The van der Waals surface area contributed by atoms with Crippen LogP contribution in [0.15, 0.2) is 6.20 Å². The molecule has 2 rings (SSSR count). The highest BCUT2D eigenvalue weighted by molar-refractivity contribution is 6.17. The second kappa shape index (κ2) is 7.10. The van der Waals surface area contributed by atoms with Crippen LogP contribution in [0.4, 0.5) is 0 Å². The first kappa shape index (κ1) is 13.8. The summed E-state index contributed by atoms with van der Waals surface area (Å²) in [5, 5.41) is 8.36. The molecule has 0 aromatic carbocycles. The van der Waals surface area contributed by atoms with E-state index in [0.717, 1.165) is 25.1 Å². The minimum atomic E-state index is 0.694. The number of aromatic nitrogens is 3. The summed E-state index contributed by atoms with van der Waals surface area (Å²) in [5.41, 5.74) is 1.06. The molecule has 1 saturated heterocycles. The second-order valence-electron chi connectivity index (χ2n) is 5.18. The normalized spacial score (nSPS) is 21.3. The fourth-order valence-corrected chi connectivity index (χ4v) is 2.73. The molecule has 0 spiro atoms. The van der Waals surface area contributed by atoms with Crippen molar-refractivity contribution in [1.29, 1.82) is 0 Å². The molecule has 0 amide bonds. The van der Waals surface area contributed by atoms with E-state index in [1.165, 1.54) is 32.2 Å². The van der Waals surface area contributed by atoms with Gasteiger partial charge in [0.25, 0.3) is 0 Å². The van der Waals surface area contributed by atoms with Crippen LogP contribution in [0.2, 0.25) is 0 Å². The number of piperidine rings is 1. The molecule has 1 atom stereocenters. The first-order chi connectivity index (χ1) is 8.79. The zero-order valence-corrected chi connectivity index (χ0v) is 11.9. The van der Waals surface area contributed by atoms with Crippen LogP contribution in [-0.4, -0.2) is 45.4 Å². The van der Waals surface area contributed by atoms with Crippen LogP contribution >= 0.6 is 11.6 Å². The van der Waals surface area contributed by atoms with Gasteiger partial charge in [0.2, 0.25) is 0 Å². The molecule has 0 aliphatic carbocycles. The molecule has 1 aromatic heterocycles. The Hall–Kier alpha value is -0.610. The Morgan fingerprint density at radius 1 is 1.44 bits per heavy atom. The van der Waals surface area contributed by atoms with Gasteiger partial charge in [-0.1, -0.05) is 11.6 Å². The lowest BCUT2D eigenvalue weighted by molar-refractivity contribution is 0.169. The van der Waals surface area contributed by atoms with Gasteiger partial charge in [0.1, 0.15) is 0 Å². The maximum absolute atomic E-state index is 5.68. The number of alkyl halides is 1. The number of halogens is 1. The zero-order valence-electron chi connectivity index (χ0n) is 11.2. The highest BCUT2D eigenvalue weighted by Crippen LogP contribution is 2.18. The van der Waals surface area contributed by atoms with Gasteiger partial charge in [0.15, 0.2) is 0 Å². The van der Waals surface area contributed by atoms with Crippen molar-refractivity contribution in [3.63, 3.8) is 0 Å². The van der Waals surface area contributed by atoms with Crippen molar-refractivity contribution >= 4 is 11.6 Å². The highest BCUT2D eigenvalue weighted by Gasteiger charge is 2.18. The van der Waals surface area contributed by atoms with Crippen molar-refractivity contribution in [2.45, 2.75) is 51.1 Å². The summed E-state index contributed by atoms with van der Waals surface area (Å²) < 4.78 is 1.98. The third kappa shape index (κ3) is 3.95. The summed E-state index contributed by atoms with van der Waals surface area (Å²) in [7, 11) is 2.23. The smallest absolute Gasteiger partial charge is 0.0827 e. The number of rotatable bonds is 6. The first-order valence-electron chi connectivity index (χ1n) is 6.95. The number of nitrogens with zero attached hydrogens (tertiary/aromatic N) is 4. The molecule has 0 bridgehead atoms. The Morgan fingerprint density at radius 3 is 3.11 bits per heavy atom. The second-order valence-corrected chi connectivity index (χ2v) is 5.56. The molecule has 102 valence electrons. The van der Waals surface area contributed by atoms with E-state index in [9.17, 15) is 0 Å². The molecule has 0 radical (unpaired) electrons. The quantitative estimate of drug-likeness (QED) is 0.744. The Morgan fingerprint density at radius 2 is 2.33 bits per heavy atom. The van der Waals surface area contributed by atoms with Gasteiger partial charge >= 0.3 is 0 Å². The average molecular weight is 271 g/mol. The van der Waals surface area contributed by atoms with Gasteiger partial charge in [-0.25, -0.2) is 0 Å². The van der Waals surface area contributed by atoms with Gasteiger partial charge in [0, 0.05) is 24.7 Å². The monoisotopic (exact) mass is 270 g/mol. The first-order valence-corrected chi connectivity index (χ1v) is 7.48. The van der Waals surface area contributed by atoms with Gasteiger partial charge < -0.3 is 4.90 Å². The largest absolute Gasteiger partial charge is 0.303 e. The van der Waals surface area contributed by atoms with E-state index in [-0.39, 0.29) is 0 Å². The molecule has 4 nitrogen and oxygen atoms in total. The molecule has 2 heterocycles. The summed E-state index contributed by atoms with van der Waals surface area (Å²) in [6.07, 6.45) is 9.19. The molecule has 1 fully saturated rings. The van der Waals surface area contributed by atoms with Crippen LogP contribution in [0.25, 0.3) is 0 Å².